The van der Waals surface area contributed by atoms with Gasteiger partial charge in [0.2, 0.25) is 0 Å². The fourth-order valence-electron chi connectivity index (χ4n) is 1.83. The van der Waals surface area contributed by atoms with Crippen molar-refractivity contribution in [2.75, 3.05) is 0 Å². The van der Waals surface area contributed by atoms with Gasteiger partial charge in [-0.15, -0.1) is 0 Å². The highest BCUT2D eigenvalue weighted by molar-refractivity contribution is 9.10. The summed E-state index contributed by atoms with van der Waals surface area (Å²) in [6.45, 7) is 0. The fraction of sp³-hybridized carbons (Fsp3) is 0.214. The van der Waals surface area contributed by atoms with Crippen molar-refractivity contribution >= 4 is 28.1 Å². The van der Waals surface area contributed by atoms with Crippen LogP contribution in [0.1, 0.15) is 40.5 Å². The molecule has 102 valence electrons. The van der Waals surface area contributed by atoms with Crippen LogP contribution in [0.4, 0.5) is 0 Å². The number of benzene rings is 1. The van der Waals surface area contributed by atoms with E-state index in [1.165, 1.54) is 12.8 Å². The molecule has 5 nitrogen and oxygen atoms in total. The predicted molar refractivity (Wildman–Crippen MR) is 79.8 cm³/mol. The lowest BCUT2D eigenvalue weighted by Gasteiger charge is -1.95. The summed E-state index contributed by atoms with van der Waals surface area (Å²) in [5, 5.41) is 10.8. The van der Waals surface area contributed by atoms with E-state index < -0.39 is 0 Å². The largest absolute Gasteiger partial charge is 0.291 e. The van der Waals surface area contributed by atoms with Crippen LogP contribution in [0.15, 0.2) is 39.9 Å². The standard InChI is InChI=1S/C14H13BrN4O/c15-11-5-1-9(2-6-11)8-16-19-14(20)13-7-12(17-18-13)10-3-4-10/h1-2,5-8,10H,3-4H2,(H,17,18)(H,19,20)/b16-8+. The molecule has 20 heavy (non-hydrogen) atoms. The molecule has 1 amide bonds. The number of carbonyl (C=O) groups excluding carboxylic acids is 1. The first-order chi connectivity index (χ1) is 9.72. The number of rotatable bonds is 4. The molecular formula is C14H13BrN4O. The summed E-state index contributed by atoms with van der Waals surface area (Å²) < 4.78 is 1.00. The number of nitrogens with one attached hydrogen (secondary N) is 2. The zero-order valence-electron chi connectivity index (χ0n) is 10.6. The van der Waals surface area contributed by atoms with Gasteiger partial charge < -0.3 is 0 Å². The molecule has 1 fully saturated rings. The van der Waals surface area contributed by atoms with E-state index in [4.69, 9.17) is 0 Å². The Morgan fingerprint density at radius 1 is 1.40 bits per heavy atom. The van der Waals surface area contributed by atoms with E-state index in [2.05, 4.69) is 36.7 Å². The molecule has 1 aromatic heterocycles. The molecule has 1 aromatic carbocycles. The van der Waals surface area contributed by atoms with Gasteiger partial charge in [0.25, 0.3) is 5.91 Å². The van der Waals surface area contributed by atoms with Crippen molar-refractivity contribution in [3.8, 4) is 0 Å². The van der Waals surface area contributed by atoms with E-state index in [-0.39, 0.29) is 5.91 Å². The van der Waals surface area contributed by atoms with Crippen LogP contribution in [0.25, 0.3) is 0 Å². The average Bonchev–Trinajstić information content (AvgIpc) is 3.18. The Morgan fingerprint density at radius 3 is 2.85 bits per heavy atom. The molecule has 6 heteroatoms. The van der Waals surface area contributed by atoms with Crippen molar-refractivity contribution in [3.05, 3.63) is 51.8 Å². The lowest BCUT2D eigenvalue weighted by Crippen LogP contribution is -2.18. The van der Waals surface area contributed by atoms with Gasteiger partial charge in [-0.2, -0.15) is 10.2 Å². The van der Waals surface area contributed by atoms with Gasteiger partial charge in [0.15, 0.2) is 5.69 Å². The molecule has 0 saturated heterocycles. The molecule has 1 aliphatic rings. The molecule has 1 aliphatic carbocycles. The number of amides is 1. The van der Waals surface area contributed by atoms with Crippen LogP contribution >= 0.6 is 15.9 Å². The highest BCUT2D eigenvalue weighted by atomic mass is 79.9. The van der Waals surface area contributed by atoms with Crippen molar-refractivity contribution in [1.29, 1.82) is 0 Å². The van der Waals surface area contributed by atoms with Gasteiger partial charge >= 0.3 is 0 Å². The van der Waals surface area contributed by atoms with Gasteiger partial charge in [0.05, 0.1) is 6.21 Å². The molecule has 1 saturated carbocycles. The molecule has 0 bridgehead atoms. The van der Waals surface area contributed by atoms with Crippen LogP contribution in [0, 0.1) is 0 Å². The smallest absolute Gasteiger partial charge is 0.281 e. The summed E-state index contributed by atoms with van der Waals surface area (Å²) >= 11 is 3.36. The minimum Gasteiger partial charge on any atom is -0.281 e. The van der Waals surface area contributed by atoms with Crippen LogP contribution < -0.4 is 5.43 Å². The third-order valence-electron chi connectivity index (χ3n) is 3.10. The molecule has 0 radical (unpaired) electrons. The zero-order chi connectivity index (χ0) is 13.9. The molecular weight excluding hydrogens is 320 g/mol. The Labute approximate surface area is 124 Å². The van der Waals surface area contributed by atoms with Crippen molar-refractivity contribution in [1.82, 2.24) is 15.6 Å². The molecule has 0 atom stereocenters. The topological polar surface area (TPSA) is 70.1 Å². The highest BCUT2D eigenvalue weighted by Gasteiger charge is 2.26. The SMILES string of the molecule is O=C(N/N=C/c1ccc(Br)cc1)c1cc(C2CC2)[nH]n1. The van der Waals surface area contributed by atoms with Crippen molar-refractivity contribution in [2.24, 2.45) is 5.10 Å². The minimum atomic E-state index is -0.304. The highest BCUT2D eigenvalue weighted by Crippen LogP contribution is 2.38. The first-order valence-electron chi connectivity index (χ1n) is 6.36. The normalized spacial score (nSPS) is 14.7. The van der Waals surface area contributed by atoms with Crippen LogP contribution in [-0.4, -0.2) is 22.3 Å². The monoisotopic (exact) mass is 332 g/mol. The van der Waals surface area contributed by atoms with Gasteiger partial charge in [-0.25, -0.2) is 5.43 Å². The third kappa shape index (κ3) is 3.14. The molecule has 3 rings (SSSR count). The minimum absolute atomic E-state index is 0.304. The van der Waals surface area contributed by atoms with Gasteiger partial charge in [0, 0.05) is 16.1 Å². The summed E-state index contributed by atoms with van der Waals surface area (Å²) in [5.41, 5.74) is 4.79. The molecule has 2 N–H and O–H groups in total. The van der Waals surface area contributed by atoms with Gasteiger partial charge in [0.1, 0.15) is 0 Å². The lowest BCUT2D eigenvalue weighted by atomic mass is 10.2. The summed E-state index contributed by atoms with van der Waals surface area (Å²) in [4.78, 5) is 11.8. The van der Waals surface area contributed by atoms with Crippen LogP contribution in [0.5, 0.6) is 0 Å². The molecule has 0 aliphatic heterocycles. The summed E-state index contributed by atoms with van der Waals surface area (Å²) in [6, 6.07) is 9.43. The maximum Gasteiger partial charge on any atom is 0.291 e. The predicted octanol–water partition coefficient (Wildman–Crippen LogP) is 2.81. The Hall–Kier alpha value is -1.95. The second-order valence-electron chi connectivity index (χ2n) is 4.73. The van der Waals surface area contributed by atoms with E-state index in [0.717, 1.165) is 15.7 Å². The number of carbonyl (C=O) groups is 1. The Kier molecular flexibility index (Phi) is 3.64. The Bertz CT molecular complexity index is 643. The number of nitrogens with zero attached hydrogens (tertiary/aromatic N) is 2. The summed E-state index contributed by atoms with van der Waals surface area (Å²) in [6.07, 6.45) is 3.94. The number of H-pyrrole nitrogens is 1. The van der Waals surface area contributed by atoms with E-state index in [0.29, 0.717) is 11.6 Å². The van der Waals surface area contributed by atoms with E-state index >= 15 is 0 Å². The Morgan fingerprint density at radius 2 is 2.15 bits per heavy atom. The summed E-state index contributed by atoms with van der Waals surface area (Å²) in [5.74, 6) is 0.247. The maximum atomic E-state index is 11.8. The first kappa shape index (κ1) is 13.1. The van der Waals surface area contributed by atoms with E-state index in [1.807, 2.05) is 24.3 Å². The van der Waals surface area contributed by atoms with E-state index in [1.54, 1.807) is 12.3 Å². The first-order valence-corrected chi connectivity index (χ1v) is 7.16. The quantitative estimate of drug-likeness (QED) is 0.667. The van der Waals surface area contributed by atoms with Gasteiger partial charge in [-0.1, -0.05) is 28.1 Å². The average molecular weight is 333 g/mol. The summed E-state index contributed by atoms with van der Waals surface area (Å²) in [7, 11) is 0. The molecule has 0 unspecified atom stereocenters. The van der Waals surface area contributed by atoms with Gasteiger partial charge in [-0.3, -0.25) is 9.89 Å². The van der Waals surface area contributed by atoms with Crippen LogP contribution in [0.3, 0.4) is 0 Å². The van der Waals surface area contributed by atoms with E-state index in [9.17, 15) is 4.79 Å². The number of hydrogen-bond acceptors (Lipinski definition) is 3. The molecule has 2 aromatic rings. The van der Waals surface area contributed by atoms with Gasteiger partial charge in [-0.05, 0) is 36.6 Å². The second-order valence-corrected chi connectivity index (χ2v) is 5.65. The number of aromatic amines is 1. The van der Waals surface area contributed by atoms with Crippen molar-refractivity contribution < 1.29 is 4.79 Å². The second kappa shape index (κ2) is 5.58. The Balaban J connectivity index is 1.59. The lowest BCUT2D eigenvalue weighted by molar-refractivity contribution is 0.0950. The zero-order valence-corrected chi connectivity index (χ0v) is 12.2. The van der Waals surface area contributed by atoms with Crippen LogP contribution in [-0.2, 0) is 0 Å². The van der Waals surface area contributed by atoms with Crippen molar-refractivity contribution in [2.45, 2.75) is 18.8 Å². The maximum absolute atomic E-state index is 11.8. The third-order valence-corrected chi connectivity index (χ3v) is 3.63. The van der Waals surface area contributed by atoms with Crippen LogP contribution in [0.2, 0.25) is 0 Å². The van der Waals surface area contributed by atoms with Crippen molar-refractivity contribution in [3.63, 3.8) is 0 Å². The number of hydrazone groups is 1. The fourth-order valence-corrected chi connectivity index (χ4v) is 2.09. The number of halogens is 1. The molecule has 1 heterocycles. The number of hydrogen-bond donors (Lipinski definition) is 2. The molecule has 0 spiro atoms. The number of aromatic nitrogens is 2.